The van der Waals surface area contributed by atoms with E-state index in [0.29, 0.717) is 28.7 Å². The molecule has 0 aliphatic rings. The number of nitrogens with two attached hydrogens (primary N) is 1. The lowest BCUT2D eigenvalue weighted by atomic mass is 10.1. The number of carbonyl (C=O) groups is 1. The summed E-state index contributed by atoms with van der Waals surface area (Å²) in [5, 5.41) is 4.79. The molecule has 0 saturated heterocycles. The molecule has 0 aliphatic heterocycles. The van der Waals surface area contributed by atoms with E-state index in [1.165, 1.54) is 33.6 Å². The quantitative estimate of drug-likeness (QED) is 0.714. The molecular weight excluding hydrogens is 332 g/mol. The summed E-state index contributed by atoms with van der Waals surface area (Å²) in [5.41, 5.74) is 6.29. The molecule has 23 heavy (non-hydrogen) atoms. The number of thioether (sulfide) groups is 1. The van der Waals surface area contributed by atoms with E-state index < -0.39 is 0 Å². The largest absolute Gasteiger partial charge is 0.351 e. The Kier molecular flexibility index (Phi) is 7.07. The molecule has 0 spiro atoms. The number of amides is 1. The van der Waals surface area contributed by atoms with Crippen molar-refractivity contribution in [2.75, 3.05) is 12.3 Å². The summed E-state index contributed by atoms with van der Waals surface area (Å²) in [7, 11) is 0. The predicted octanol–water partition coefficient (Wildman–Crippen LogP) is 1.62. The third kappa shape index (κ3) is 5.33. The predicted molar refractivity (Wildman–Crippen MR) is 96.0 cm³/mol. The number of thiazole rings is 1. The molecule has 8 heteroatoms. The van der Waals surface area contributed by atoms with Crippen LogP contribution < -0.4 is 16.6 Å². The minimum absolute atomic E-state index is 0.0181. The average molecular weight is 355 g/mol. The molecule has 6 nitrogen and oxygen atoms in total. The van der Waals surface area contributed by atoms with Gasteiger partial charge in [-0.05, 0) is 6.42 Å². The lowest BCUT2D eigenvalue weighted by molar-refractivity contribution is -0.119. The van der Waals surface area contributed by atoms with E-state index in [0.717, 1.165) is 19.3 Å². The summed E-state index contributed by atoms with van der Waals surface area (Å²) >= 11 is 2.88. The van der Waals surface area contributed by atoms with Crippen LogP contribution in [0.15, 0.2) is 22.4 Å². The fourth-order valence-corrected chi connectivity index (χ4v) is 3.65. The number of unbranched alkanes of at least 4 members (excludes halogenated alkanes) is 1. The molecule has 1 amide bonds. The Hall–Kier alpha value is -1.38. The van der Waals surface area contributed by atoms with Gasteiger partial charge in [0.25, 0.3) is 5.56 Å². The van der Waals surface area contributed by atoms with E-state index in [1.54, 1.807) is 6.20 Å². The molecule has 2 heterocycles. The van der Waals surface area contributed by atoms with Crippen molar-refractivity contribution in [3.8, 4) is 0 Å². The first-order valence-corrected chi connectivity index (χ1v) is 9.70. The van der Waals surface area contributed by atoms with Gasteiger partial charge in [-0.15, -0.1) is 23.1 Å². The van der Waals surface area contributed by atoms with Crippen molar-refractivity contribution in [3.05, 3.63) is 33.7 Å². The van der Waals surface area contributed by atoms with Crippen LogP contribution in [0, 0.1) is 0 Å². The first-order chi connectivity index (χ1) is 11.1. The molecule has 0 bridgehead atoms. The Morgan fingerprint density at radius 3 is 3.13 bits per heavy atom. The van der Waals surface area contributed by atoms with Gasteiger partial charge in [-0.3, -0.25) is 14.0 Å². The van der Waals surface area contributed by atoms with Crippen molar-refractivity contribution in [3.63, 3.8) is 0 Å². The van der Waals surface area contributed by atoms with E-state index in [9.17, 15) is 9.59 Å². The molecule has 0 saturated carbocycles. The molecule has 0 fully saturated rings. The van der Waals surface area contributed by atoms with Gasteiger partial charge in [0.2, 0.25) is 5.91 Å². The van der Waals surface area contributed by atoms with Crippen LogP contribution in [0.4, 0.5) is 0 Å². The van der Waals surface area contributed by atoms with Crippen LogP contribution in [0.1, 0.15) is 31.9 Å². The summed E-state index contributed by atoms with van der Waals surface area (Å²) in [6.45, 7) is 2.58. The van der Waals surface area contributed by atoms with Gasteiger partial charge in [0.15, 0.2) is 4.96 Å². The molecule has 0 aromatic carbocycles. The van der Waals surface area contributed by atoms with Crippen LogP contribution in [0.3, 0.4) is 0 Å². The van der Waals surface area contributed by atoms with Gasteiger partial charge in [-0.2, -0.15) is 0 Å². The average Bonchev–Trinajstić information content (AvgIpc) is 3.00. The number of rotatable bonds is 9. The number of nitrogens with zero attached hydrogens (tertiary/aromatic N) is 2. The monoisotopic (exact) mass is 354 g/mol. The fourth-order valence-electron chi connectivity index (χ4n) is 2.18. The Morgan fingerprint density at radius 2 is 2.39 bits per heavy atom. The molecule has 126 valence electrons. The number of hydrogen-bond donors (Lipinski definition) is 2. The van der Waals surface area contributed by atoms with Crippen molar-refractivity contribution in [1.82, 2.24) is 14.7 Å². The Morgan fingerprint density at radius 1 is 1.57 bits per heavy atom. The highest BCUT2D eigenvalue weighted by Crippen LogP contribution is 2.12. The Balaban J connectivity index is 1.81. The molecule has 3 N–H and O–H groups in total. The summed E-state index contributed by atoms with van der Waals surface area (Å²) in [6, 6.07) is 1.57. The minimum atomic E-state index is -0.0842. The van der Waals surface area contributed by atoms with Crippen molar-refractivity contribution in [2.45, 2.75) is 38.0 Å². The fraction of sp³-hybridized carbons (Fsp3) is 0.533. The van der Waals surface area contributed by atoms with Crippen molar-refractivity contribution in [2.24, 2.45) is 5.73 Å². The maximum Gasteiger partial charge on any atom is 0.258 e. The van der Waals surface area contributed by atoms with E-state index >= 15 is 0 Å². The summed E-state index contributed by atoms with van der Waals surface area (Å²) in [6.07, 6.45) is 4.78. The Labute approximate surface area is 143 Å². The number of nitrogens with one attached hydrogen (secondary N) is 1. The molecule has 0 aliphatic carbocycles. The second-order valence-corrected chi connectivity index (χ2v) is 7.14. The van der Waals surface area contributed by atoms with E-state index in [-0.39, 0.29) is 17.5 Å². The zero-order chi connectivity index (χ0) is 16.7. The van der Waals surface area contributed by atoms with Gasteiger partial charge in [0, 0.05) is 36.0 Å². The number of aromatic nitrogens is 2. The molecule has 0 radical (unpaired) electrons. The topological polar surface area (TPSA) is 89.5 Å². The van der Waals surface area contributed by atoms with Crippen molar-refractivity contribution >= 4 is 34.0 Å². The first kappa shape index (κ1) is 18.0. The molecule has 2 rings (SSSR count). The van der Waals surface area contributed by atoms with E-state index in [4.69, 9.17) is 5.73 Å². The summed E-state index contributed by atoms with van der Waals surface area (Å²) in [4.78, 5) is 28.9. The van der Waals surface area contributed by atoms with Gasteiger partial charge in [-0.1, -0.05) is 19.8 Å². The van der Waals surface area contributed by atoms with E-state index in [2.05, 4.69) is 17.2 Å². The lowest BCUT2D eigenvalue weighted by Crippen LogP contribution is -2.41. The van der Waals surface area contributed by atoms with Crippen LogP contribution >= 0.6 is 23.1 Å². The third-order valence-corrected chi connectivity index (χ3v) is 5.12. The van der Waals surface area contributed by atoms with Gasteiger partial charge in [0.05, 0.1) is 11.4 Å². The maximum atomic E-state index is 11.9. The zero-order valence-corrected chi connectivity index (χ0v) is 14.8. The highest BCUT2D eigenvalue weighted by Gasteiger charge is 2.11. The SMILES string of the molecule is CCCCC(CN)NC(=O)CSCc1cc(=O)n2ccsc2n1. The van der Waals surface area contributed by atoms with Crippen LogP contribution in [0.25, 0.3) is 4.96 Å². The molecule has 2 aromatic rings. The lowest BCUT2D eigenvalue weighted by Gasteiger charge is -2.16. The highest BCUT2D eigenvalue weighted by molar-refractivity contribution is 7.99. The maximum absolute atomic E-state index is 11.9. The Bertz CT molecular complexity index is 698. The van der Waals surface area contributed by atoms with E-state index in [1.807, 2.05) is 5.38 Å². The van der Waals surface area contributed by atoms with Gasteiger partial charge >= 0.3 is 0 Å². The second kappa shape index (κ2) is 9.05. The third-order valence-electron chi connectivity index (χ3n) is 3.40. The number of hydrogen-bond acceptors (Lipinski definition) is 6. The molecule has 1 atom stereocenters. The second-order valence-electron chi connectivity index (χ2n) is 5.28. The van der Waals surface area contributed by atoms with Crippen LogP contribution in [0.2, 0.25) is 0 Å². The first-order valence-electron chi connectivity index (χ1n) is 7.67. The molecule has 2 aromatic heterocycles. The highest BCUT2D eigenvalue weighted by atomic mass is 32.2. The number of carbonyl (C=O) groups excluding carboxylic acids is 1. The summed E-state index contributed by atoms with van der Waals surface area (Å²) < 4.78 is 1.52. The smallest absolute Gasteiger partial charge is 0.258 e. The zero-order valence-electron chi connectivity index (χ0n) is 13.2. The molecular formula is C15H22N4O2S2. The summed E-state index contributed by atoms with van der Waals surface area (Å²) in [5.74, 6) is 0.864. The van der Waals surface area contributed by atoms with Crippen LogP contribution in [-0.4, -0.2) is 33.6 Å². The van der Waals surface area contributed by atoms with Gasteiger partial charge in [0.1, 0.15) is 0 Å². The van der Waals surface area contributed by atoms with Gasteiger partial charge < -0.3 is 11.1 Å². The standard InChI is InChI=1S/C15H22N4O2S2/c1-2-3-4-11(8-16)17-13(20)10-22-9-12-7-14(21)19-5-6-23-15(19)18-12/h5-7,11H,2-4,8-10,16H2,1H3,(H,17,20). The molecule has 1 unspecified atom stereocenters. The normalized spacial score (nSPS) is 12.4. The van der Waals surface area contributed by atoms with Crippen molar-refractivity contribution < 1.29 is 4.79 Å². The number of fused-ring (bicyclic) bond motifs is 1. The van der Waals surface area contributed by atoms with Gasteiger partial charge in [-0.25, -0.2) is 4.98 Å². The van der Waals surface area contributed by atoms with Crippen LogP contribution in [0.5, 0.6) is 0 Å². The van der Waals surface area contributed by atoms with Crippen LogP contribution in [-0.2, 0) is 10.5 Å². The minimum Gasteiger partial charge on any atom is -0.351 e. The van der Waals surface area contributed by atoms with Crippen molar-refractivity contribution in [1.29, 1.82) is 0 Å².